The average Bonchev–Trinajstić information content (AvgIpc) is 3.15. The molecule has 0 saturated carbocycles. The third-order valence-electron chi connectivity index (χ3n) is 4.94. The minimum absolute atomic E-state index is 0.201. The van der Waals surface area contributed by atoms with Gasteiger partial charge in [0.1, 0.15) is 11.1 Å². The van der Waals surface area contributed by atoms with Gasteiger partial charge in [-0.3, -0.25) is 0 Å². The molecule has 0 bridgehead atoms. The van der Waals surface area contributed by atoms with Crippen molar-refractivity contribution >= 4 is 22.9 Å². The van der Waals surface area contributed by atoms with Gasteiger partial charge in [-0.2, -0.15) is 13.2 Å². The number of oxazole rings is 1. The monoisotopic (exact) mass is 445 g/mol. The SMILES string of the molecule is CC(C)(C)OC(=O)N1CC=C(c2cnc3oc(-c4ccc(C(F)(F)F)cc4)nc3c2)CC1. The Kier molecular flexibility index (Phi) is 5.44. The van der Waals surface area contributed by atoms with Crippen molar-refractivity contribution in [3.05, 3.63) is 53.7 Å². The van der Waals surface area contributed by atoms with Crippen molar-refractivity contribution in [2.24, 2.45) is 0 Å². The van der Waals surface area contributed by atoms with Crippen molar-refractivity contribution in [2.75, 3.05) is 13.1 Å². The van der Waals surface area contributed by atoms with Gasteiger partial charge in [-0.15, -0.1) is 0 Å². The number of carbonyl (C=O) groups excluding carboxylic acids is 1. The molecule has 1 aromatic carbocycles. The highest BCUT2D eigenvalue weighted by atomic mass is 19.4. The fourth-order valence-corrected chi connectivity index (χ4v) is 3.35. The number of fused-ring (bicyclic) bond motifs is 1. The Morgan fingerprint density at radius 1 is 1.12 bits per heavy atom. The summed E-state index contributed by atoms with van der Waals surface area (Å²) in [4.78, 5) is 22.6. The maximum atomic E-state index is 12.8. The van der Waals surface area contributed by atoms with Crippen molar-refractivity contribution in [2.45, 2.75) is 39.0 Å². The van der Waals surface area contributed by atoms with Crippen molar-refractivity contribution in [1.29, 1.82) is 0 Å². The summed E-state index contributed by atoms with van der Waals surface area (Å²) in [5.41, 5.74) is 1.84. The summed E-state index contributed by atoms with van der Waals surface area (Å²) in [5.74, 6) is 0.201. The van der Waals surface area contributed by atoms with Gasteiger partial charge < -0.3 is 14.1 Å². The zero-order chi connectivity index (χ0) is 23.1. The normalized spacial score (nSPS) is 15.1. The molecule has 0 unspecified atom stereocenters. The number of aromatic nitrogens is 2. The number of halogens is 3. The third-order valence-corrected chi connectivity index (χ3v) is 4.94. The van der Waals surface area contributed by atoms with Gasteiger partial charge in [0.05, 0.1) is 5.56 Å². The van der Waals surface area contributed by atoms with Crippen LogP contribution in [0.15, 0.2) is 47.0 Å². The molecule has 0 atom stereocenters. The summed E-state index contributed by atoms with van der Waals surface area (Å²) < 4.78 is 49.3. The highest BCUT2D eigenvalue weighted by molar-refractivity contribution is 5.79. The van der Waals surface area contributed by atoms with E-state index in [2.05, 4.69) is 9.97 Å². The van der Waals surface area contributed by atoms with Crippen molar-refractivity contribution in [1.82, 2.24) is 14.9 Å². The summed E-state index contributed by atoms with van der Waals surface area (Å²) >= 11 is 0. The molecule has 0 fully saturated rings. The average molecular weight is 445 g/mol. The largest absolute Gasteiger partial charge is 0.444 e. The minimum Gasteiger partial charge on any atom is -0.444 e. The van der Waals surface area contributed by atoms with Crippen LogP contribution in [0.25, 0.3) is 28.3 Å². The van der Waals surface area contributed by atoms with Gasteiger partial charge >= 0.3 is 12.3 Å². The lowest BCUT2D eigenvalue weighted by Gasteiger charge is -2.29. The van der Waals surface area contributed by atoms with Crippen molar-refractivity contribution in [3.63, 3.8) is 0 Å². The predicted molar refractivity (Wildman–Crippen MR) is 113 cm³/mol. The Hall–Kier alpha value is -3.36. The topological polar surface area (TPSA) is 68.5 Å². The van der Waals surface area contributed by atoms with E-state index in [-0.39, 0.29) is 12.0 Å². The number of rotatable bonds is 2. The number of benzene rings is 1. The van der Waals surface area contributed by atoms with E-state index in [1.807, 2.05) is 32.9 Å². The van der Waals surface area contributed by atoms with Crippen LogP contribution in [-0.2, 0) is 10.9 Å². The van der Waals surface area contributed by atoms with Crippen LogP contribution in [0.2, 0.25) is 0 Å². The summed E-state index contributed by atoms with van der Waals surface area (Å²) in [7, 11) is 0. The Labute approximate surface area is 182 Å². The number of hydrogen-bond donors (Lipinski definition) is 0. The molecule has 1 aliphatic rings. The minimum atomic E-state index is -4.40. The van der Waals surface area contributed by atoms with Crippen LogP contribution in [0.5, 0.6) is 0 Å². The summed E-state index contributed by atoms with van der Waals surface area (Å²) in [5, 5.41) is 0. The van der Waals surface area contributed by atoms with Gasteiger partial charge in [0.25, 0.3) is 0 Å². The van der Waals surface area contributed by atoms with E-state index in [0.29, 0.717) is 36.3 Å². The smallest absolute Gasteiger partial charge is 0.416 e. The summed E-state index contributed by atoms with van der Waals surface area (Å²) in [6.07, 6.45) is -0.496. The van der Waals surface area contributed by atoms with Crippen LogP contribution in [0.1, 0.15) is 38.3 Å². The van der Waals surface area contributed by atoms with Crippen LogP contribution in [-0.4, -0.2) is 39.7 Å². The third kappa shape index (κ3) is 4.76. The second-order valence-corrected chi connectivity index (χ2v) is 8.55. The number of pyridine rings is 1. The van der Waals surface area contributed by atoms with E-state index >= 15 is 0 Å². The maximum absolute atomic E-state index is 12.8. The highest BCUT2D eigenvalue weighted by Crippen LogP contribution is 2.32. The number of carbonyl (C=O) groups is 1. The first-order valence-electron chi connectivity index (χ1n) is 10.1. The number of ether oxygens (including phenoxy) is 1. The second-order valence-electron chi connectivity index (χ2n) is 8.55. The lowest BCUT2D eigenvalue weighted by atomic mass is 10.0. The van der Waals surface area contributed by atoms with Gasteiger partial charge in [-0.05, 0) is 68.7 Å². The Morgan fingerprint density at radius 3 is 2.44 bits per heavy atom. The zero-order valence-corrected chi connectivity index (χ0v) is 17.9. The van der Waals surface area contributed by atoms with Gasteiger partial charge in [0, 0.05) is 24.8 Å². The fourth-order valence-electron chi connectivity index (χ4n) is 3.35. The molecular weight excluding hydrogens is 423 g/mol. The molecular formula is C23H22F3N3O3. The van der Waals surface area contributed by atoms with E-state index in [1.54, 1.807) is 11.1 Å². The second kappa shape index (κ2) is 7.96. The van der Waals surface area contributed by atoms with E-state index in [0.717, 1.165) is 23.3 Å². The molecule has 1 amide bonds. The maximum Gasteiger partial charge on any atom is 0.416 e. The Balaban J connectivity index is 1.52. The molecule has 32 heavy (non-hydrogen) atoms. The first-order valence-corrected chi connectivity index (χ1v) is 10.1. The summed E-state index contributed by atoms with van der Waals surface area (Å²) in [6, 6.07) is 6.46. The van der Waals surface area contributed by atoms with Crippen LogP contribution < -0.4 is 0 Å². The molecule has 0 spiro atoms. The van der Waals surface area contributed by atoms with E-state index in [1.165, 1.54) is 12.1 Å². The first-order chi connectivity index (χ1) is 15.0. The van der Waals surface area contributed by atoms with Gasteiger partial charge in [-0.1, -0.05) is 6.08 Å². The molecule has 0 radical (unpaired) electrons. The Bertz CT molecular complexity index is 1180. The van der Waals surface area contributed by atoms with Crippen LogP contribution in [0.3, 0.4) is 0 Å². The van der Waals surface area contributed by atoms with E-state index in [4.69, 9.17) is 9.15 Å². The number of amides is 1. The molecule has 3 aromatic rings. The molecule has 6 nitrogen and oxygen atoms in total. The standard InChI is InChI=1S/C23H22F3N3O3/c1-22(2,3)32-21(30)29-10-8-14(9-11-29)16-12-18-20(27-13-16)31-19(28-18)15-4-6-17(7-5-15)23(24,25)26/h4-8,12-13H,9-11H2,1-3H3. The van der Waals surface area contributed by atoms with Gasteiger partial charge in [0.15, 0.2) is 0 Å². The number of hydrogen-bond acceptors (Lipinski definition) is 5. The number of alkyl halides is 3. The lowest BCUT2D eigenvalue weighted by molar-refractivity contribution is -0.137. The highest BCUT2D eigenvalue weighted by Gasteiger charge is 2.30. The molecule has 2 aromatic heterocycles. The quantitative estimate of drug-likeness (QED) is 0.489. The zero-order valence-electron chi connectivity index (χ0n) is 17.9. The molecule has 9 heteroatoms. The summed E-state index contributed by atoms with van der Waals surface area (Å²) in [6.45, 7) is 6.43. The van der Waals surface area contributed by atoms with Gasteiger partial charge in [-0.25, -0.2) is 14.8 Å². The molecule has 0 saturated heterocycles. The van der Waals surface area contributed by atoms with Crippen LogP contribution in [0.4, 0.5) is 18.0 Å². The molecule has 3 heterocycles. The van der Waals surface area contributed by atoms with Crippen molar-refractivity contribution in [3.8, 4) is 11.5 Å². The molecule has 168 valence electrons. The molecule has 1 aliphatic heterocycles. The van der Waals surface area contributed by atoms with Gasteiger partial charge in [0.2, 0.25) is 11.6 Å². The van der Waals surface area contributed by atoms with Crippen LogP contribution in [0, 0.1) is 0 Å². The van der Waals surface area contributed by atoms with Crippen LogP contribution >= 0.6 is 0 Å². The lowest BCUT2D eigenvalue weighted by Crippen LogP contribution is -2.39. The van der Waals surface area contributed by atoms with Crippen molar-refractivity contribution < 1.29 is 27.1 Å². The first kappa shape index (κ1) is 21.9. The van der Waals surface area contributed by atoms with E-state index < -0.39 is 17.3 Å². The predicted octanol–water partition coefficient (Wildman–Crippen LogP) is 5.93. The molecule has 0 aliphatic carbocycles. The molecule has 4 rings (SSSR count). The van der Waals surface area contributed by atoms with E-state index in [9.17, 15) is 18.0 Å². The number of nitrogens with zero attached hydrogens (tertiary/aromatic N) is 3. The fraction of sp³-hybridized carbons (Fsp3) is 0.348. The Morgan fingerprint density at radius 2 is 1.84 bits per heavy atom. The molecule has 0 N–H and O–H groups in total.